The van der Waals surface area contributed by atoms with E-state index in [9.17, 15) is 9.59 Å². The molecular weight excluding hydrogens is 428 g/mol. The van der Waals surface area contributed by atoms with Crippen LogP contribution in [0.15, 0.2) is 63.1 Å². The highest BCUT2D eigenvalue weighted by molar-refractivity contribution is 7.99. The molecule has 166 valence electrons. The fourth-order valence-electron chi connectivity index (χ4n) is 3.43. The van der Waals surface area contributed by atoms with E-state index in [1.807, 2.05) is 44.2 Å². The van der Waals surface area contributed by atoms with E-state index < -0.39 is 0 Å². The van der Waals surface area contributed by atoms with Crippen LogP contribution in [-0.4, -0.2) is 33.3 Å². The molecule has 0 spiro atoms. The van der Waals surface area contributed by atoms with Crippen LogP contribution in [0, 0.1) is 6.92 Å². The van der Waals surface area contributed by atoms with Gasteiger partial charge in [-0.2, -0.15) is 0 Å². The summed E-state index contributed by atoms with van der Waals surface area (Å²) in [4.78, 5) is 33.4. The molecule has 32 heavy (non-hydrogen) atoms. The third-order valence-electron chi connectivity index (χ3n) is 5.04. The smallest absolute Gasteiger partial charge is 0.278 e. The SMILES string of the molecule is COc1cccc(C(C)NC(=O)CSc2nc3cc(C)[nH]c3c(=O)n2Cc2ccco2)c1. The van der Waals surface area contributed by atoms with Crippen LogP contribution < -0.4 is 15.6 Å². The highest BCUT2D eigenvalue weighted by Gasteiger charge is 2.17. The quantitative estimate of drug-likeness (QED) is 0.313. The second-order valence-corrected chi connectivity index (χ2v) is 8.37. The van der Waals surface area contributed by atoms with E-state index in [1.54, 1.807) is 25.5 Å². The Morgan fingerprint density at radius 2 is 2.16 bits per heavy atom. The molecule has 0 fully saturated rings. The molecule has 0 saturated carbocycles. The van der Waals surface area contributed by atoms with E-state index in [-0.39, 0.29) is 29.8 Å². The maximum absolute atomic E-state index is 13.1. The number of ether oxygens (including phenoxy) is 1. The monoisotopic (exact) mass is 452 g/mol. The average molecular weight is 453 g/mol. The Balaban J connectivity index is 1.52. The molecule has 1 unspecified atom stereocenters. The fraction of sp³-hybridized carbons (Fsp3) is 0.261. The molecule has 4 rings (SSSR count). The number of rotatable bonds is 8. The zero-order valence-corrected chi connectivity index (χ0v) is 18.9. The number of nitrogens with zero attached hydrogens (tertiary/aromatic N) is 2. The van der Waals surface area contributed by atoms with Crippen molar-refractivity contribution in [2.24, 2.45) is 0 Å². The Morgan fingerprint density at radius 1 is 1.31 bits per heavy atom. The van der Waals surface area contributed by atoms with Gasteiger partial charge in [0.1, 0.15) is 17.0 Å². The van der Waals surface area contributed by atoms with Crippen LogP contribution in [-0.2, 0) is 11.3 Å². The lowest BCUT2D eigenvalue weighted by molar-refractivity contribution is -0.119. The minimum absolute atomic E-state index is 0.119. The molecule has 0 saturated heterocycles. The van der Waals surface area contributed by atoms with Crippen LogP contribution in [0.25, 0.3) is 11.0 Å². The van der Waals surface area contributed by atoms with Gasteiger partial charge < -0.3 is 19.5 Å². The molecule has 0 radical (unpaired) electrons. The largest absolute Gasteiger partial charge is 0.497 e. The highest BCUT2D eigenvalue weighted by Crippen LogP contribution is 2.21. The summed E-state index contributed by atoms with van der Waals surface area (Å²) in [5.74, 6) is 1.33. The molecule has 3 heterocycles. The normalized spacial score (nSPS) is 12.1. The highest BCUT2D eigenvalue weighted by atomic mass is 32.2. The topological polar surface area (TPSA) is 102 Å². The summed E-state index contributed by atoms with van der Waals surface area (Å²) in [7, 11) is 1.61. The third kappa shape index (κ3) is 4.72. The molecule has 0 aliphatic rings. The standard InChI is InChI=1S/C23H24N4O4S/c1-14-10-19-21(24-14)22(29)27(12-18-8-5-9-31-18)23(26-19)32-13-20(28)25-15(2)16-6-4-7-17(11-16)30-3/h4-11,15,24H,12-13H2,1-3H3,(H,25,28). The number of methoxy groups -OCH3 is 1. The van der Waals surface area contributed by atoms with Gasteiger partial charge in [0.25, 0.3) is 5.56 Å². The van der Waals surface area contributed by atoms with Crippen molar-refractivity contribution in [1.82, 2.24) is 19.9 Å². The summed E-state index contributed by atoms with van der Waals surface area (Å²) in [6, 6.07) is 12.8. The zero-order chi connectivity index (χ0) is 22.7. The van der Waals surface area contributed by atoms with E-state index in [4.69, 9.17) is 9.15 Å². The van der Waals surface area contributed by atoms with Crippen molar-refractivity contribution in [3.8, 4) is 5.75 Å². The number of aromatic nitrogens is 3. The van der Waals surface area contributed by atoms with Crippen molar-refractivity contribution in [1.29, 1.82) is 0 Å². The van der Waals surface area contributed by atoms with Gasteiger partial charge in [-0.15, -0.1) is 0 Å². The van der Waals surface area contributed by atoms with Crippen LogP contribution >= 0.6 is 11.8 Å². The molecule has 3 aromatic heterocycles. The summed E-state index contributed by atoms with van der Waals surface area (Å²) in [6.45, 7) is 4.02. The zero-order valence-electron chi connectivity index (χ0n) is 18.0. The number of nitrogens with one attached hydrogen (secondary N) is 2. The minimum Gasteiger partial charge on any atom is -0.497 e. The summed E-state index contributed by atoms with van der Waals surface area (Å²) in [5.41, 5.74) is 2.61. The summed E-state index contributed by atoms with van der Waals surface area (Å²) < 4.78 is 12.2. The molecule has 8 nitrogen and oxygen atoms in total. The number of furan rings is 1. The lowest BCUT2D eigenvalue weighted by atomic mass is 10.1. The second kappa shape index (κ2) is 9.35. The van der Waals surface area contributed by atoms with Gasteiger partial charge in [-0.25, -0.2) is 4.98 Å². The first-order chi connectivity index (χ1) is 15.4. The first-order valence-electron chi connectivity index (χ1n) is 10.1. The number of amides is 1. The van der Waals surface area contributed by atoms with E-state index in [0.29, 0.717) is 22.0 Å². The van der Waals surface area contributed by atoms with Crippen LogP contribution in [0.5, 0.6) is 5.75 Å². The summed E-state index contributed by atoms with van der Waals surface area (Å²) in [6.07, 6.45) is 1.56. The van der Waals surface area contributed by atoms with Crippen molar-refractivity contribution in [3.05, 3.63) is 76.1 Å². The van der Waals surface area contributed by atoms with Crippen molar-refractivity contribution in [2.75, 3.05) is 12.9 Å². The van der Waals surface area contributed by atoms with Crippen LogP contribution in [0.2, 0.25) is 0 Å². The van der Waals surface area contributed by atoms with Gasteiger partial charge in [0.2, 0.25) is 5.91 Å². The number of carbonyl (C=O) groups excluding carboxylic acids is 1. The van der Waals surface area contributed by atoms with Crippen LogP contribution in [0.4, 0.5) is 0 Å². The molecule has 9 heteroatoms. The van der Waals surface area contributed by atoms with Gasteiger partial charge in [-0.3, -0.25) is 14.2 Å². The second-order valence-electron chi connectivity index (χ2n) is 7.43. The van der Waals surface area contributed by atoms with E-state index in [0.717, 1.165) is 17.0 Å². The molecule has 0 bridgehead atoms. The number of fused-ring (bicyclic) bond motifs is 1. The number of thioether (sulfide) groups is 1. The van der Waals surface area contributed by atoms with Gasteiger partial charge in [-0.1, -0.05) is 23.9 Å². The van der Waals surface area contributed by atoms with Crippen LogP contribution in [0.3, 0.4) is 0 Å². The third-order valence-corrected chi connectivity index (χ3v) is 6.01. The Bertz CT molecular complexity index is 1290. The Labute approximate surface area is 189 Å². The van der Waals surface area contributed by atoms with E-state index >= 15 is 0 Å². The average Bonchev–Trinajstić information content (AvgIpc) is 3.43. The molecule has 1 aromatic carbocycles. The number of aryl methyl sites for hydroxylation is 1. The molecule has 2 N–H and O–H groups in total. The Hall–Kier alpha value is -3.46. The van der Waals surface area contributed by atoms with Crippen molar-refractivity contribution >= 4 is 28.7 Å². The van der Waals surface area contributed by atoms with Gasteiger partial charge in [0.15, 0.2) is 5.16 Å². The molecule has 1 atom stereocenters. The summed E-state index contributed by atoms with van der Waals surface area (Å²) in [5, 5.41) is 3.44. The minimum atomic E-state index is -0.202. The first kappa shape index (κ1) is 21.8. The van der Waals surface area contributed by atoms with Crippen molar-refractivity contribution in [2.45, 2.75) is 31.6 Å². The van der Waals surface area contributed by atoms with Gasteiger partial charge in [0.05, 0.1) is 37.2 Å². The van der Waals surface area contributed by atoms with E-state index in [2.05, 4.69) is 15.3 Å². The predicted octanol–water partition coefficient (Wildman–Crippen LogP) is 3.65. The fourth-order valence-corrected chi connectivity index (χ4v) is 4.24. The number of hydrogen-bond acceptors (Lipinski definition) is 6. The molecule has 0 aliphatic heterocycles. The lowest BCUT2D eigenvalue weighted by Crippen LogP contribution is -2.29. The molecule has 4 aromatic rings. The Kier molecular flexibility index (Phi) is 6.36. The van der Waals surface area contributed by atoms with E-state index in [1.165, 1.54) is 16.3 Å². The molecule has 1 amide bonds. The van der Waals surface area contributed by atoms with Gasteiger partial charge >= 0.3 is 0 Å². The number of H-pyrrole nitrogens is 1. The van der Waals surface area contributed by atoms with Gasteiger partial charge in [0, 0.05) is 5.69 Å². The maximum Gasteiger partial charge on any atom is 0.278 e. The Morgan fingerprint density at radius 3 is 2.91 bits per heavy atom. The molecular formula is C23H24N4O4S. The lowest BCUT2D eigenvalue weighted by Gasteiger charge is -2.15. The molecule has 0 aliphatic carbocycles. The predicted molar refractivity (Wildman–Crippen MR) is 123 cm³/mol. The van der Waals surface area contributed by atoms with Crippen molar-refractivity contribution < 1.29 is 13.9 Å². The number of hydrogen-bond donors (Lipinski definition) is 2. The summed E-state index contributed by atoms with van der Waals surface area (Å²) >= 11 is 1.22. The van der Waals surface area contributed by atoms with Crippen molar-refractivity contribution in [3.63, 3.8) is 0 Å². The number of benzene rings is 1. The van der Waals surface area contributed by atoms with Crippen LogP contribution in [0.1, 0.15) is 30.0 Å². The maximum atomic E-state index is 13.1. The number of aromatic amines is 1. The first-order valence-corrected chi connectivity index (χ1v) is 11.1. The number of carbonyl (C=O) groups is 1. The van der Waals surface area contributed by atoms with Gasteiger partial charge in [-0.05, 0) is 49.7 Å².